The molecule has 0 unspecified atom stereocenters. The molecule has 3 aromatic carbocycles. The lowest BCUT2D eigenvalue weighted by molar-refractivity contribution is -0.274. The van der Waals surface area contributed by atoms with Gasteiger partial charge in [0.05, 0.1) is 25.4 Å². The fourth-order valence-corrected chi connectivity index (χ4v) is 3.90. The van der Waals surface area contributed by atoms with Crippen LogP contribution in [0.15, 0.2) is 72.8 Å². The average molecular weight is 499 g/mol. The van der Waals surface area contributed by atoms with Gasteiger partial charge >= 0.3 is 6.36 Å². The first-order valence-electron chi connectivity index (χ1n) is 11.4. The summed E-state index contributed by atoms with van der Waals surface area (Å²) in [6.07, 6.45) is -4.90. The molecule has 1 heterocycles. The number of halogens is 3. The Hall–Kier alpha value is -3.69. The first kappa shape index (κ1) is 25.4. The van der Waals surface area contributed by atoms with E-state index in [2.05, 4.69) is 10.1 Å². The van der Waals surface area contributed by atoms with Crippen LogP contribution in [0.5, 0.6) is 5.75 Å². The summed E-state index contributed by atoms with van der Waals surface area (Å²) in [6, 6.07) is 20.8. The standard InChI is InChI=1S/C27H25F3N2O4/c28-27(29,30)36-25-11-10-22(17-23(25)31-26(34)18-32-12-14-35-15-13-32)24(33)16-19-6-8-21(9-7-19)20-4-2-1-3-5-20/h1-11,17H,12-16,18H2,(H,31,34). The number of benzene rings is 3. The second-order valence-electron chi connectivity index (χ2n) is 8.36. The van der Waals surface area contributed by atoms with E-state index < -0.39 is 18.0 Å². The van der Waals surface area contributed by atoms with E-state index >= 15 is 0 Å². The number of rotatable bonds is 8. The van der Waals surface area contributed by atoms with Crippen LogP contribution in [0.25, 0.3) is 11.1 Å². The summed E-state index contributed by atoms with van der Waals surface area (Å²) in [4.78, 5) is 27.3. The zero-order chi connectivity index (χ0) is 25.5. The summed E-state index contributed by atoms with van der Waals surface area (Å²) in [7, 11) is 0. The summed E-state index contributed by atoms with van der Waals surface area (Å²) in [6.45, 7) is 2.03. The van der Waals surface area contributed by atoms with E-state index in [1.807, 2.05) is 59.5 Å². The summed E-state index contributed by atoms with van der Waals surface area (Å²) >= 11 is 0. The number of ketones is 1. The summed E-state index contributed by atoms with van der Waals surface area (Å²) in [5.74, 6) is -1.39. The first-order chi connectivity index (χ1) is 17.3. The van der Waals surface area contributed by atoms with Crippen LogP contribution < -0.4 is 10.1 Å². The number of morpholine rings is 1. The molecule has 1 fully saturated rings. The number of hydrogen-bond acceptors (Lipinski definition) is 5. The maximum absolute atomic E-state index is 12.9. The largest absolute Gasteiger partial charge is 0.573 e. The van der Waals surface area contributed by atoms with Crippen LogP contribution in [0.2, 0.25) is 0 Å². The minimum absolute atomic E-state index is 0.0131. The topological polar surface area (TPSA) is 67.9 Å². The number of Topliss-reactive ketones (excluding diaryl/α,β-unsaturated/α-hetero) is 1. The van der Waals surface area contributed by atoms with Gasteiger partial charge in [0.15, 0.2) is 11.5 Å². The Kier molecular flexibility index (Phi) is 8.02. The Morgan fingerprint density at radius 1 is 0.917 bits per heavy atom. The molecule has 188 valence electrons. The molecule has 1 saturated heterocycles. The Bertz CT molecular complexity index is 1190. The van der Waals surface area contributed by atoms with E-state index in [1.165, 1.54) is 12.1 Å². The van der Waals surface area contributed by atoms with Crippen LogP contribution in [0.4, 0.5) is 18.9 Å². The van der Waals surface area contributed by atoms with Gasteiger partial charge in [0.25, 0.3) is 0 Å². The second-order valence-corrected chi connectivity index (χ2v) is 8.36. The molecule has 0 saturated carbocycles. The maximum atomic E-state index is 12.9. The van der Waals surface area contributed by atoms with Crippen molar-refractivity contribution in [3.63, 3.8) is 0 Å². The van der Waals surface area contributed by atoms with Crippen molar-refractivity contribution in [3.8, 4) is 16.9 Å². The molecule has 1 aliphatic heterocycles. The normalized spacial score (nSPS) is 14.3. The van der Waals surface area contributed by atoms with Gasteiger partial charge in [-0.05, 0) is 34.9 Å². The lowest BCUT2D eigenvalue weighted by Gasteiger charge is -2.26. The predicted octanol–water partition coefficient (Wildman–Crippen LogP) is 4.95. The fourth-order valence-electron chi connectivity index (χ4n) is 3.90. The highest BCUT2D eigenvalue weighted by Crippen LogP contribution is 2.32. The Balaban J connectivity index is 1.48. The molecule has 0 bridgehead atoms. The molecule has 4 rings (SSSR count). The zero-order valence-corrected chi connectivity index (χ0v) is 19.4. The van der Waals surface area contributed by atoms with Gasteiger partial charge in [-0.15, -0.1) is 13.2 Å². The van der Waals surface area contributed by atoms with E-state index in [-0.39, 0.29) is 30.0 Å². The highest BCUT2D eigenvalue weighted by atomic mass is 19.4. The molecule has 0 spiro atoms. The van der Waals surface area contributed by atoms with E-state index in [1.54, 1.807) is 0 Å². The van der Waals surface area contributed by atoms with Gasteiger partial charge in [-0.25, -0.2) is 0 Å². The van der Waals surface area contributed by atoms with Crippen molar-refractivity contribution in [1.29, 1.82) is 0 Å². The number of anilines is 1. The first-order valence-corrected chi connectivity index (χ1v) is 11.4. The highest BCUT2D eigenvalue weighted by molar-refractivity contribution is 6.00. The quantitative estimate of drug-likeness (QED) is 0.446. The van der Waals surface area contributed by atoms with Gasteiger partial charge in [-0.1, -0.05) is 54.6 Å². The molecular formula is C27H25F3N2O4. The summed E-state index contributed by atoms with van der Waals surface area (Å²) < 4.78 is 48.0. The van der Waals surface area contributed by atoms with Crippen molar-refractivity contribution in [1.82, 2.24) is 4.90 Å². The van der Waals surface area contributed by atoms with Crippen molar-refractivity contribution < 1.29 is 32.2 Å². The molecule has 0 radical (unpaired) electrons. The van der Waals surface area contributed by atoms with Crippen LogP contribution >= 0.6 is 0 Å². The van der Waals surface area contributed by atoms with Crippen molar-refractivity contribution in [2.75, 3.05) is 38.2 Å². The predicted molar refractivity (Wildman–Crippen MR) is 129 cm³/mol. The number of nitrogens with one attached hydrogen (secondary N) is 1. The van der Waals surface area contributed by atoms with Gasteiger partial charge in [0.1, 0.15) is 0 Å². The smallest absolute Gasteiger partial charge is 0.404 e. The Labute approximate surface area is 206 Å². The molecule has 0 atom stereocenters. The zero-order valence-electron chi connectivity index (χ0n) is 19.4. The molecule has 1 aliphatic rings. The minimum Gasteiger partial charge on any atom is -0.404 e. The lowest BCUT2D eigenvalue weighted by atomic mass is 9.99. The van der Waals surface area contributed by atoms with Gasteiger partial charge in [0.2, 0.25) is 5.91 Å². The average Bonchev–Trinajstić information content (AvgIpc) is 2.86. The second kappa shape index (κ2) is 11.4. The van der Waals surface area contributed by atoms with Crippen LogP contribution in [0, 0.1) is 0 Å². The monoisotopic (exact) mass is 498 g/mol. The third kappa shape index (κ3) is 7.16. The molecule has 0 aromatic heterocycles. The van der Waals surface area contributed by atoms with E-state index in [9.17, 15) is 22.8 Å². The maximum Gasteiger partial charge on any atom is 0.573 e. The molecule has 6 nitrogen and oxygen atoms in total. The summed E-state index contributed by atoms with van der Waals surface area (Å²) in [5, 5.41) is 2.47. The SMILES string of the molecule is O=C(CN1CCOCC1)Nc1cc(C(=O)Cc2ccc(-c3ccccc3)cc2)ccc1OC(F)(F)F. The van der Waals surface area contributed by atoms with Gasteiger partial charge in [-0.3, -0.25) is 14.5 Å². The molecule has 3 aromatic rings. The number of ether oxygens (including phenoxy) is 2. The van der Waals surface area contributed by atoms with Crippen LogP contribution in [0.3, 0.4) is 0 Å². The number of carbonyl (C=O) groups excluding carboxylic acids is 2. The van der Waals surface area contributed by atoms with Crippen molar-refractivity contribution in [2.45, 2.75) is 12.8 Å². The number of amides is 1. The summed E-state index contributed by atoms with van der Waals surface area (Å²) in [5.41, 5.74) is 2.77. The molecule has 36 heavy (non-hydrogen) atoms. The van der Waals surface area contributed by atoms with Gasteiger partial charge < -0.3 is 14.8 Å². The van der Waals surface area contributed by atoms with Gasteiger partial charge in [-0.2, -0.15) is 0 Å². The number of alkyl halides is 3. The van der Waals surface area contributed by atoms with E-state index in [0.29, 0.717) is 26.3 Å². The third-order valence-corrected chi connectivity index (χ3v) is 5.70. The van der Waals surface area contributed by atoms with Crippen molar-refractivity contribution in [2.24, 2.45) is 0 Å². The third-order valence-electron chi connectivity index (χ3n) is 5.70. The van der Waals surface area contributed by atoms with Crippen molar-refractivity contribution >= 4 is 17.4 Å². The Morgan fingerprint density at radius 2 is 1.58 bits per heavy atom. The Morgan fingerprint density at radius 3 is 2.25 bits per heavy atom. The van der Waals surface area contributed by atoms with E-state index in [4.69, 9.17) is 4.74 Å². The molecule has 1 amide bonds. The lowest BCUT2D eigenvalue weighted by Crippen LogP contribution is -2.41. The molecular weight excluding hydrogens is 473 g/mol. The molecule has 0 aliphatic carbocycles. The van der Waals surface area contributed by atoms with Crippen LogP contribution in [-0.4, -0.2) is 55.8 Å². The number of nitrogens with zero attached hydrogens (tertiary/aromatic N) is 1. The highest BCUT2D eigenvalue weighted by Gasteiger charge is 2.32. The van der Waals surface area contributed by atoms with Crippen LogP contribution in [-0.2, 0) is 16.0 Å². The van der Waals surface area contributed by atoms with E-state index in [0.717, 1.165) is 22.8 Å². The molecule has 9 heteroatoms. The number of carbonyl (C=O) groups is 2. The minimum atomic E-state index is -4.95. The van der Waals surface area contributed by atoms with Crippen molar-refractivity contribution in [3.05, 3.63) is 83.9 Å². The molecule has 1 N–H and O–H groups in total. The fraction of sp³-hybridized carbons (Fsp3) is 0.259. The number of hydrogen-bond donors (Lipinski definition) is 1. The van der Waals surface area contributed by atoms with Gasteiger partial charge in [0, 0.05) is 25.1 Å². The van der Waals surface area contributed by atoms with Crippen LogP contribution in [0.1, 0.15) is 15.9 Å².